The number of rotatable bonds is 9. The van der Waals surface area contributed by atoms with Crippen LogP contribution in [-0.4, -0.2) is 44.7 Å². The SMILES string of the molecule is COC(=O)/C=C/C(=O)OC(C)OCC1CCC(COC(C)C)CC1. The molecule has 0 aliphatic heterocycles. The molecule has 1 aliphatic carbocycles. The highest BCUT2D eigenvalue weighted by atomic mass is 16.7. The van der Waals surface area contributed by atoms with Gasteiger partial charge in [-0.1, -0.05) is 0 Å². The van der Waals surface area contributed by atoms with E-state index in [4.69, 9.17) is 14.2 Å². The summed E-state index contributed by atoms with van der Waals surface area (Å²) in [4.78, 5) is 22.4. The van der Waals surface area contributed by atoms with Gasteiger partial charge >= 0.3 is 11.9 Å². The molecule has 1 fully saturated rings. The number of ether oxygens (including phenoxy) is 4. The Hall–Kier alpha value is -1.40. The second-order valence-corrected chi connectivity index (χ2v) is 6.46. The normalized spacial score (nSPS) is 22.5. The summed E-state index contributed by atoms with van der Waals surface area (Å²) in [7, 11) is 1.24. The highest BCUT2D eigenvalue weighted by Gasteiger charge is 2.22. The molecule has 138 valence electrons. The summed E-state index contributed by atoms with van der Waals surface area (Å²) in [6.07, 6.45) is 6.22. The van der Waals surface area contributed by atoms with Gasteiger partial charge in [0.2, 0.25) is 0 Å². The molecular formula is C18H30O6. The van der Waals surface area contributed by atoms with Crippen molar-refractivity contribution in [2.75, 3.05) is 20.3 Å². The molecule has 0 saturated heterocycles. The first-order chi connectivity index (χ1) is 11.4. The smallest absolute Gasteiger partial charge is 0.333 e. The van der Waals surface area contributed by atoms with E-state index in [-0.39, 0.29) is 6.10 Å². The number of hydrogen-bond donors (Lipinski definition) is 0. The summed E-state index contributed by atoms with van der Waals surface area (Å²) in [6, 6.07) is 0. The van der Waals surface area contributed by atoms with Crippen molar-refractivity contribution in [1.29, 1.82) is 0 Å². The molecule has 1 saturated carbocycles. The fourth-order valence-corrected chi connectivity index (χ4v) is 2.61. The first kappa shape index (κ1) is 20.6. The van der Waals surface area contributed by atoms with E-state index in [2.05, 4.69) is 18.6 Å². The Labute approximate surface area is 144 Å². The van der Waals surface area contributed by atoms with Gasteiger partial charge in [-0.15, -0.1) is 0 Å². The van der Waals surface area contributed by atoms with Gasteiger partial charge in [0.05, 0.1) is 19.8 Å². The van der Waals surface area contributed by atoms with Crippen molar-refractivity contribution < 1.29 is 28.5 Å². The van der Waals surface area contributed by atoms with E-state index < -0.39 is 18.2 Å². The average Bonchev–Trinajstić information content (AvgIpc) is 2.56. The number of methoxy groups -OCH3 is 1. The second-order valence-electron chi connectivity index (χ2n) is 6.46. The molecule has 6 nitrogen and oxygen atoms in total. The molecule has 0 amide bonds. The van der Waals surface area contributed by atoms with Crippen molar-refractivity contribution in [3.8, 4) is 0 Å². The van der Waals surface area contributed by atoms with Crippen LogP contribution in [0.25, 0.3) is 0 Å². The minimum Gasteiger partial charge on any atom is -0.466 e. The van der Waals surface area contributed by atoms with Crippen LogP contribution < -0.4 is 0 Å². The molecule has 1 atom stereocenters. The Morgan fingerprint density at radius 1 is 0.917 bits per heavy atom. The third-order valence-corrected chi connectivity index (χ3v) is 4.04. The maximum atomic E-state index is 11.5. The van der Waals surface area contributed by atoms with Gasteiger partial charge in [0.1, 0.15) is 0 Å². The lowest BCUT2D eigenvalue weighted by Gasteiger charge is -2.29. The zero-order valence-electron chi connectivity index (χ0n) is 15.2. The third-order valence-electron chi connectivity index (χ3n) is 4.04. The first-order valence-corrected chi connectivity index (χ1v) is 8.60. The molecular weight excluding hydrogens is 312 g/mol. The Balaban J connectivity index is 2.17. The molecule has 0 bridgehead atoms. The zero-order chi connectivity index (χ0) is 17.9. The van der Waals surface area contributed by atoms with Crippen LogP contribution in [0.1, 0.15) is 46.5 Å². The average molecular weight is 342 g/mol. The minimum absolute atomic E-state index is 0.287. The topological polar surface area (TPSA) is 71.1 Å². The lowest BCUT2D eigenvalue weighted by atomic mass is 9.83. The second kappa shape index (κ2) is 11.2. The van der Waals surface area contributed by atoms with Gasteiger partial charge in [-0.05, 0) is 58.3 Å². The van der Waals surface area contributed by atoms with Gasteiger partial charge in [0, 0.05) is 18.8 Å². The number of carbonyl (C=O) groups excluding carboxylic acids is 2. The summed E-state index contributed by atoms with van der Waals surface area (Å²) < 4.78 is 20.7. The van der Waals surface area contributed by atoms with Crippen LogP contribution in [0.15, 0.2) is 12.2 Å². The molecule has 0 aromatic carbocycles. The van der Waals surface area contributed by atoms with Crippen LogP contribution in [0.5, 0.6) is 0 Å². The summed E-state index contributed by atoms with van der Waals surface area (Å²) in [5.74, 6) is -0.0874. The van der Waals surface area contributed by atoms with Crippen LogP contribution in [0.3, 0.4) is 0 Å². The molecule has 1 unspecified atom stereocenters. The fourth-order valence-electron chi connectivity index (χ4n) is 2.61. The van der Waals surface area contributed by atoms with Crippen LogP contribution >= 0.6 is 0 Å². The molecule has 1 aliphatic rings. The molecule has 0 aromatic rings. The van der Waals surface area contributed by atoms with E-state index in [9.17, 15) is 9.59 Å². The van der Waals surface area contributed by atoms with E-state index in [0.29, 0.717) is 18.4 Å². The molecule has 0 spiro atoms. The minimum atomic E-state index is -0.637. The van der Waals surface area contributed by atoms with Gasteiger partial charge in [0.15, 0.2) is 6.29 Å². The Morgan fingerprint density at radius 2 is 1.42 bits per heavy atom. The van der Waals surface area contributed by atoms with Gasteiger partial charge in [-0.2, -0.15) is 0 Å². The number of esters is 2. The highest BCUT2D eigenvalue weighted by Crippen LogP contribution is 2.29. The fraction of sp³-hybridized carbons (Fsp3) is 0.778. The van der Waals surface area contributed by atoms with E-state index in [0.717, 1.165) is 44.4 Å². The van der Waals surface area contributed by atoms with Crippen molar-refractivity contribution in [2.24, 2.45) is 11.8 Å². The lowest BCUT2D eigenvalue weighted by molar-refractivity contribution is -0.172. The molecule has 0 radical (unpaired) electrons. The molecule has 0 heterocycles. The zero-order valence-corrected chi connectivity index (χ0v) is 15.2. The van der Waals surface area contributed by atoms with Crippen molar-refractivity contribution in [1.82, 2.24) is 0 Å². The largest absolute Gasteiger partial charge is 0.466 e. The van der Waals surface area contributed by atoms with Crippen LogP contribution in [0.4, 0.5) is 0 Å². The van der Waals surface area contributed by atoms with E-state index in [1.165, 1.54) is 7.11 Å². The van der Waals surface area contributed by atoms with Gasteiger partial charge in [-0.3, -0.25) is 0 Å². The monoisotopic (exact) mass is 342 g/mol. The van der Waals surface area contributed by atoms with Gasteiger partial charge < -0.3 is 18.9 Å². The maximum absolute atomic E-state index is 11.5. The van der Waals surface area contributed by atoms with Gasteiger partial charge in [-0.25, -0.2) is 9.59 Å². The summed E-state index contributed by atoms with van der Waals surface area (Å²) >= 11 is 0. The molecule has 0 aromatic heterocycles. The Kier molecular flexibility index (Phi) is 9.64. The van der Waals surface area contributed by atoms with E-state index in [1.54, 1.807) is 6.92 Å². The predicted octanol–water partition coefficient (Wildman–Crippen LogP) is 2.85. The quantitative estimate of drug-likeness (QED) is 0.364. The molecule has 0 N–H and O–H groups in total. The van der Waals surface area contributed by atoms with Crippen LogP contribution in [0, 0.1) is 11.8 Å². The third kappa shape index (κ3) is 9.03. The van der Waals surface area contributed by atoms with Gasteiger partial charge in [0.25, 0.3) is 0 Å². The number of hydrogen-bond acceptors (Lipinski definition) is 6. The Bertz CT molecular complexity index is 410. The van der Waals surface area contributed by atoms with Crippen LogP contribution in [0.2, 0.25) is 0 Å². The highest BCUT2D eigenvalue weighted by molar-refractivity contribution is 5.91. The summed E-state index contributed by atoms with van der Waals surface area (Å²) in [5, 5.41) is 0. The summed E-state index contributed by atoms with van der Waals surface area (Å²) in [5.41, 5.74) is 0. The molecule has 1 rings (SSSR count). The summed E-state index contributed by atoms with van der Waals surface area (Å²) in [6.45, 7) is 7.20. The predicted molar refractivity (Wildman–Crippen MR) is 89.2 cm³/mol. The van der Waals surface area contributed by atoms with Crippen molar-refractivity contribution in [3.63, 3.8) is 0 Å². The molecule has 6 heteroatoms. The van der Waals surface area contributed by atoms with Crippen molar-refractivity contribution in [3.05, 3.63) is 12.2 Å². The standard InChI is InChI=1S/C18H30O6/c1-13(2)22-11-15-5-7-16(8-6-15)12-23-14(3)24-18(20)10-9-17(19)21-4/h9-10,13-16H,5-8,11-12H2,1-4H3/b10-9+. The number of carbonyl (C=O) groups is 2. The molecule has 24 heavy (non-hydrogen) atoms. The van der Waals surface area contributed by atoms with Crippen molar-refractivity contribution in [2.45, 2.75) is 58.8 Å². The van der Waals surface area contributed by atoms with Crippen molar-refractivity contribution >= 4 is 11.9 Å². The Morgan fingerprint density at radius 3 is 1.92 bits per heavy atom. The first-order valence-electron chi connectivity index (χ1n) is 8.60. The lowest BCUT2D eigenvalue weighted by Crippen LogP contribution is -2.25. The van der Waals surface area contributed by atoms with E-state index >= 15 is 0 Å². The van der Waals surface area contributed by atoms with Crippen LogP contribution in [-0.2, 0) is 28.5 Å². The van der Waals surface area contributed by atoms with E-state index in [1.807, 2.05) is 0 Å². The maximum Gasteiger partial charge on any atom is 0.333 e.